The van der Waals surface area contributed by atoms with Crippen molar-refractivity contribution in [1.29, 1.82) is 0 Å². The Morgan fingerprint density at radius 1 is 1.05 bits per heavy atom. The third kappa shape index (κ3) is 2.23. The summed E-state index contributed by atoms with van der Waals surface area (Å²) in [5.41, 5.74) is 2.10. The molecule has 0 spiro atoms. The highest BCUT2D eigenvalue weighted by atomic mass is 19.1. The predicted molar refractivity (Wildman–Crippen MR) is 80.1 cm³/mol. The summed E-state index contributed by atoms with van der Waals surface area (Å²) in [5, 5.41) is 0.899. The molecular weight excluding hydrogens is 285 g/mol. The van der Waals surface area contributed by atoms with Crippen molar-refractivity contribution in [2.24, 2.45) is 0 Å². The largest absolute Gasteiger partial charge is 0.378 e. The first-order chi connectivity index (χ1) is 10.7. The van der Waals surface area contributed by atoms with Crippen molar-refractivity contribution >= 4 is 16.9 Å². The summed E-state index contributed by atoms with van der Waals surface area (Å²) in [6.07, 6.45) is 0. The number of ether oxygens (including phenoxy) is 1. The number of hydrogen-bond donors (Lipinski definition) is 0. The Morgan fingerprint density at radius 2 is 1.86 bits per heavy atom. The second-order valence-electron chi connectivity index (χ2n) is 5.79. The van der Waals surface area contributed by atoms with Crippen molar-refractivity contribution in [2.45, 2.75) is 13.1 Å². The number of halogens is 1. The van der Waals surface area contributed by atoms with Crippen LogP contribution in [0.1, 0.15) is 5.69 Å². The van der Waals surface area contributed by atoms with Crippen LogP contribution >= 0.6 is 0 Å². The second kappa shape index (κ2) is 5.28. The first-order valence-electron chi connectivity index (χ1n) is 7.61. The maximum atomic E-state index is 13.4. The van der Waals surface area contributed by atoms with E-state index in [9.17, 15) is 9.18 Å². The van der Waals surface area contributed by atoms with Crippen molar-refractivity contribution in [2.75, 3.05) is 32.8 Å². The summed E-state index contributed by atoms with van der Waals surface area (Å²) in [7, 11) is 0. The van der Waals surface area contributed by atoms with E-state index in [1.807, 2.05) is 21.9 Å². The molecule has 5 nitrogen and oxygen atoms in total. The third-order valence-corrected chi connectivity index (χ3v) is 4.45. The molecule has 2 aliphatic heterocycles. The van der Waals surface area contributed by atoms with Gasteiger partial charge in [-0.2, -0.15) is 0 Å². The zero-order valence-corrected chi connectivity index (χ0v) is 12.3. The molecule has 1 aromatic carbocycles. The molecule has 3 heterocycles. The fourth-order valence-electron chi connectivity index (χ4n) is 3.31. The Morgan fingerprint density at radius 3 is 2.68 bits per heavy atom. The van der Waals surface area contributed by atoms with Crippen LogP contribution in [-0.4, -0.2) is 53.2 Å². The number of hydrogen-bond acceptors (Lipinski definition) is 2. The smallest absolute Gasteiger partial charge is 0.320 e. The molecule has 2 aliphatic rings. The Labute approximate surface area is 127 Å². The molecule has 1 saturated heterocycles. The number of nitrogens with zero attached hydrogens (tertiary/aromatic N) is 3. The van der Waals surface area contributed by atoms with Gasteiger partial charge in [-0.1, -0.05) is 0 Å². The monoisotopic (exact) mass is 303 g/mol. The average Bonchev–Trinajstić information content (AvgIpc) is 2.91. The predicted octanol–water partition coefficient (Wildman–Crippen LogP) is 2.05. The van der Waals surface area contributed by atoms with Gasteiger partial charge in [0, 0.05) is 42.8 Å². The van der Waals surface area contributed by atoms with E-state index in [1.54, 1.807) is 6.07 Å². The summed E-state index contributed by atoms with van der Waals surface area (Å²) in [5.74, 6) is -0.225. The van der Waals surface area contributed by atoms with Crippen molar-refractivity contribution < 1.29 is 13.9 Å². The highest BCUT2D eigenvalue weighted by Crippen LogP contribution is 2.25. The minimum absolute atomic E-state index is 0.0750. The molecule has 2 aromatic rings. The number of benzene rings is 1. The van der Waals surface area contributed by atoms with Gasteiger partial charge in [0.05, 0.1) is 19.8 Å². The van der Waals surface area contributed by atoms with Gasteiger partial charge in [0.1, 0.15) is 5.82 Å². The minimum atomic E-state index is -0.225. The fourth-order valence-corrected chi connectivity index (χ4v) is 3.31. The van der Waals surface area contributed by atoms with Gasteiger partial charge in [-0.25, -0.2) is 9.18 Å². The maximum Gasteiger partial charge on any atom is 0.320 e. The summed E-state index contributed by atoms with van der Waals surface area (Å²) in [6, 6.07) is 6.91. The van der Waals surface area contributed by atoms with Crippen molar-refractivity contribution in [3.05, 3.63) is 35.8 Å². The Balaban J connectivity index is 1.58. The third-order valence-electron chi connectivity index (χ3n) is 4.45. The lowest BCUT2D eigenvalue weighted by Crippen LogP contribution is -2.50. The SMILES string of the molecule is O=C(N1CCOCC1)N1CCn2c(cc3cc(F)ccc32)C1. The average molecular weight is 303 g/mol. The number of fused-ring (bicyclic) bond motifs is 3. The summed E-state index contributed by atoms with van der Waals surface area (Å²) >= 11 is 0. The van der Waals surface area contributed by atoms with E-state index < -0.39 is 0 Å². The van der Waals surface area contributed by atoms with E-state index >= 15 is 0 Å². The van der Waals surface area contributed by atoms with Gasteiger partial charge in [-0.15, -0.1) is 0 Å². The standard InChI is InChI=1S/C16H18FN3O2/c17-13-1-2-15-12(9-13)10-14-11-19(3-4-20(14)15)16(21)18-5-7-22-8-6-18/h1-2,9-10H,3-8,11H2. The van der Waals surface area contributed by atoms with Crippen LogP contribution in [-0.2, 0) is 17.8 Å². The van der Waals surface area contributed by atoms with Gasteiger partial charge < -0.3 is 19.1 Å². The topological polar surface area (TPSA) is 37.7 Å². The van der Waals surface area contributed by atoms with Crippen molar-refractivity contribution in [1.82, 2.24) is 14.4 Å². The fraction of sp³-hybridized carbons (Fsp3) is 0.438. The molecule has 0 atom stereocenters. The van der Waals surface area contributed by atoms with E-state index in [4.69, 9.17) is 4.74 Å². The van der Waals surface area contributed by atoms with Gasteiger partial charge >= 0.3 is 6.03 Å². The second-order valence-corrected chi connectivity index (χ2v) is 5.79. The zero-order valence-electron chi connectivity index (χ0n) is 12.3. The van der Waals surface area contributed by atoms with Crippen LogP contribution in [0.25, 0.3) is 10.9 Å². The summed E-state index contributed by atoms with van der Waals surface area (Å²) < 4.78 is 20.8. The van der Waals surface area contributed by atoms with Crippen LogP contribution in [0.2, 0.25) is 0 Å². The number of rotatable bonds is 0. The molecule has 1 aromatic heterocycles. The zero-order chi connectivity index (χ0) is 15.1. The molecule has 22 heavy (non-hydrogen) atoms. The van der Waals surface area contributed by atoms with Gasteiger partial charge in [-0.05, 0) is 24.3 Å². The van der Waals surface area contributed by atoms with Crippen molar-refractivity contribution in [3.8, 4) is 0 Å². The number of aromatic nitrogens is 1. The lowest BCUT2D eigenvalue weighted by Gasteiger charge is -2.35. The molecule has 2 amide bonds. The van der Waals surface area contributed by atoms with Crippen LogP contribution in [0, 0.1) is 5.82 Å². The molecule has 0 N–H and O–H groups in total. The number of amides is 2. The van der Waals surface area contributed by atoms with Crippen LogP contribution in [0.5, 0.6) is 0 Å². The highest BCUT2D eigenvalue weighted by Gasteiger charge is 2.27. The summed E-state index contributed by atoms with van der Waals surface area (Å²) in [6.45, 7) is 4.54. The Bertz CT molecular complexity index is 721. The van der Waals surface area contributed by atoms with Crippen molar-refractivity contribution in [3.63, 3.8) is 0 Å². The normalized spacial score (nSPS) is 18.6. The van der Waals surface area contributed by atoms with Crippen LogP contribution < -0.4 is 0 Å². The van der Waals surface area contributed by atoms with Crippen LogP contribution in [0.4, 0.5) is 9.18 Å². The van der Waals surface area contributed by atoms with E-state index in [-0.39, 0.29) is 11.8 Å². The van der Waals surface area contributed by atoms with E-state index in [0.29, 0.717) is 39.4 Å². The number of carbonyl (C=O) groups excluding carboxylic acids is 1. The molecular formula is C16H18FN3O2. The lowest BCUT2D eigenvalue weighted by molar-refractivity contribution is 0.0410. The molecule has 0 radical (unpaired) electrons. The number of urea groups is 1. The van der Waals surface area contributed by atoms with E-state index in [1.165, 1.54) is 6.07 Å². The Kier molecular flexibility index (Phi) is 3.26. The van der Waals surface area contributed by atoms with E-state index in [2.05, 4.69) is 4.57 Å². The Hall–Kier alpha value is -2.08. The van der Waals surface area contributed by atoms with E-state index in [0.717, 1.165) is 23.1 Å². The molecule has 0 aliphatic carbocycles. The molecule has 0 bridgehead atoms. The van der Waals surface area contributed by atoms with Gasteiger partial charge in [0.15, 0.2) is 0 Å². The quantitative estimate of drug-likeness (QED) is 0.747. The molecule has 1 fully saturated rings. The number of morpholine rings is 1. The molecule has 0 saturated carbocycles. The van der Waals surface area contributed by atoms with Crippen LogP contribution in [0.3, 0.4) is 0 Å². The van der Waals surface area contributed by atoms with Gasteiger partial charge in [0.25, 0.3) is 0 Å². The number of carbonyl (C=O) groups is 1. The summed E-state index contributed by atoms with van der Waals surface area (Å²) in [4.78, 5) is 16.3. The lowest BCUT2D eigenvalue weighted by atomic mass is 10.2. The molecule has 116 valence electrons. The molecule has 4 rings (SSSR count). The first-order valence-corrected chi connectivity index (χ1v) is 7.61. The molecule has 0 unspecified atom stereocenters. The maximum absolute atomic E-state index is 13.4. The highest BCUT2D eigenvalue weighted by molar-refractivity contribution is 5.82. The minimum Gasteiger partial charge on any atom is -0.378 e. The van der Waals surface area contributed by atoms with Gasteiger partial charge in [0.2, 0.25) is 0 Å². The van der Waals surface area contributed by atoms with Gasteiger partial charge in [-0.3, -0.25) is 0 Å². The molecule has 6 heteroatoms. The first kappa shape index (κ1) is 13.6. The van der Waals surface area contributed by atoms with Crippen LogP contribution in [0.15, 0.2) is 24.3 Å².